The molecule has 3 rings (SSSR count). The van der Waals surface area contributed by atoms with E-state index >= 15 is 0 Å². The van der Waals surface area contributed by atoms with Crippen LogP contribution >= 0.6 is 35.6 Å². The molecule has 1 amide bonds. The van der Waals surface area contributed by atoms with E-state index in [4.69, 9.17) is 28.6 Å². The minimum Gasteiger partial charge on any atom is -0.493 e. The number of thiocarbonyl (C=S) groups is 1. The number of nitrogens with zero attached hydrogens (tertiary/aromatic N) is 1. The highest BCUT2D eigenvalue weighted by molar-refractivity contribution is 8.27. The molecule has 0 aliphatic carbocycles. The summed E-state index contributed by atoms with van der Waals surface area (Å²) >= 11 is 12.8. The van der Waals surface area contributed by atoms with Gasteiger partial charge in [-0.1, -0.05) is 54.6 Å². The minimum atomic E-state index is -0.133. The van der Waals surface area contributed by atoms with Crippen LogP contribution in [0.2, 0.25) is 5.02 Å². The highest BCUT2D eigenvalue weighted by Crippen LogP contribution is 2.37. The second kappa shape index (κ2) is 8.25. The van der Waals surface area contributed by atoms with Crippen molar-refractivity contribution in [3.05, 3.63) is 63.5 Å². The molecular formula is C20H18ClNO2S2. The zero-order valence-electron chi connectivity index (χ0n) is 14.5. The van der Waals surface area contributed by atoms with Crippen molar-refractivity contribution in [1.29, 1.82) is 0 Å². The number of rotatable bonds is 5. The number of ether oxygens (including phenoxy) is 1. The first-order valence-corrected chi connectivity index (χ1v) is 9.93. The number of halogens is 1. The lowest BCUT2D eigenvalue weighted by atomic mass is 10.1. The lowest BCUT2D eigenvalue weighted by Crippen LogP contribution is -2.27. The van der Waals surface area contributed by atoms with Gasteiger partial charge in [-0.25, -0.2) is 0 Å². The third-order valence-corrected chi connectivity index (χ3v) is 5.49. The summed E-state index contributed by atoms with van der Waals surface area (Å²) in [6, 6.07) is 13.3. The summed E-state index contributed by atoms with van der Waals surface area (Å²) < 4.78 is 6.15. The Labute approximate surface area is 168 Å². The second-order valence-corrected chi connectivity index (χ2v) is 7.76. The van der Waals surface area contributed by atoms with Crippen molar-refractivity contribution in [2.24, 2.45) is 0 Å². The molecule has 1 heterocycles. The maximum absolute atomic E-state index is 12.9. The molecule has 3 nitrogen and oxygen atoms in total. The third-order valence-electron chi connectivity index (χ3n) is 3.95. The molecule has 1 aliphatic rings. The Morgan fingerprint density at radius 3 is 2.58 bits per heavy atom. The van der Waals surface area contributed by atoms with Gasteiger partial charge >= 0.3 is 0 Å². The second-order valence-electron chi connectivity index (χ2n) is 5.65. The van der Waals surface area contributed by atoms with Crippen molar-refractivity contribution in [3.63, 3.8) is 0 Å². The summed E-state index contributed by atoms with van der Waals surface area (Å²) in [5, 5.41) is 0.588. The third kappa shape index (κ3) is 3.95. The van der Waals surface area contributed by atoms with Crippen LogP contribution in [-0.2, 0) is 11.2 Å². The topological polar surface area (TPSA) is 29.5 Å². The van der Waals surface area contributed by atoms with E-state index in [1.807, 2.05) is 37.3 Å². The molecular weight excluding hydrogens is 386 g/mol. The summed E-state index contributed by atoms with van der Waals surface area (Å²) in [4.78, 5) is 15.0. The van der Waals surface area contributed by atoms with E-state index in [2.05, 4.69) is 6.92 Å². The molecule has 0 aromatic heterocycles. The molecule has 0 unspecified atom stereocenters. The van der Waals surface area contributed by atoms with Gasteiger partial charge in [0.1, 0.15) is 5.75 Å². The molecule has 0 atom stereocenters. The zero-order chi connectivity index (χ0) is 18.7. The summed E-state index contributed by atoms with van der Waals surface area (Å²) in [6.07, 6.45) is 2.74. The lowest BCUT2D eigenvalue weighted by molar-refractivity contribution is -0.113. The fourth-order valence-electron chi connectivity index (χ4n) is 2.63. The standard InChI is InChI=1S/C20H18ClNO2S2/c1-3-13-5-8-16(9-6-13)22-19(23)18(26-20(22)25)12-14-11-15(21)7-10-17(14)24-4-2/h5-12H,3-4H2,1-2H3/b18-12-. The zero-order valence-corrected chi connectivity index (χ0v) is 16.9. The van der Waals surface area contributed by atoms with Gasteiger partial charge in [0, 0.05) is 10.6 Å². The van der Waals surface area contributed by atoms with Gasteiger partial charge < -0.3 is 4.74 Å². The largest absolute Gasteiger partial charge is 0.493 e. The lowest BCUT2D eigenvalue weighted by Gasteiger charge is -2.14. The molecule has 6 heteroatoms. The molecule has 1 saturated heterocycles. The summed E-state index contributed by atoms with van der Waals surface area (Å²) in [5.41, 5.74) is 2.76. The Kier molecular flexibility index (Phi) is 6.01. The molecule has 0 bridgehead atoms. The van der Waals surface area contributed by atoms with Gasteiger partial charge in [0.05, 0.1) is 17.2 Å². The Bertz CT molecular complexity index is 878. The first-order chi connectivity index (χ1) is 12.5. The number of amides is 1. The van der Waals surface area contributed by atoms with E-state index in [0.29, 0.717) is 26.6 Å². The number of anilines is 1. The van der Waals surface area contributed by atoms with Crippen molar-refractivity contribution >= 4 is 57.6 Å². The van der Waals surface area contributed by atoms with Crippen LogP contribution in [0.5, 0.6) is 5.75 Å². The van der Waals surface area contributed by atoms with Crippen LogP contribution in [0.25, 0.3) is 6.08 Å². The highest BCUT2D eigenvalue weighted by Gasteiger charge is 2.33. The number of thioether (sulfide) groups is 1. The first kappa shape index (κ1) is 19.0. The van der Waals surface area contributed by atoms with Crippen molar-refractivity contribution in [1.82, 2.24) is 0 Å². The normalized spacial score (nSPS) is 15.8. The minimum absolute atomic E-state index is 0.133. The Morgan fingerprint density at radius 1 is 1.19 bits per heavy atom. The highest BCUT2D eigenvalue weighted by atomic mass is 35.5. The monoisotopic (exact) mass is 403 g/mol. The predicted octanol–water partition coefficient (Wildman–Crippen LogP) is 5.71. The molecule has 134 valence electrons. The maximum atomic E-state index is 12.9. The van der Waals surface area contributed by atoms with E-state index in [-0.39, 0.29) is 5.91 Å². The fraction of sp³-hybridized carbons (Fsp3) is 0.200. The van der Waals surface area contributed by atoms with E-state index in [0.717, 1.165) is 17.7 Å². The van der Waals surface area contributed by atoms with Crippen LogP contribution in [-0.4, -0.2) is 16.8 Å². The van der Waals surface area contributed by atoms with E-state index in [1.165, 1.54) is 17.3 Å². The molecule has 2 aromatic carbocycles. The molecule has 2 aromatic rings. The molecule has 1 aliphatic heterocycles. The summed E-state index contributed by atoms with van der Waals surface area (Å²) in [5.74, 6) is 0.557. The smallest absolute Gasteiger partial charge is 0.270 e. The van der Waals surface area contributed by atoms with E-state index < -0.39 is 0 Å². The number of aryl methyl sites for hydroxylation is 1. The molecule has 26 heavy (non-hydrogen) atoms. The van der Waals surface area contributed by atoms with Gasteiger partial charge in [0.15, 0.2) is 4.32 Å². The van der Waals surface area contributed by atoms with Crippen molar-refractivity contribution in [2.75, 3.05) is 11.5 Å². The Hall–Kier alpha value is -1.82. The van der Waals surface area contributed by atoms with Crippen molar-refractivity contribution in [2.45, 2.75) is 20.3 Å². The van der Waals surface area contributed by atoms with Crippen LogP contribution in [0.4, 0.5) is 5.69 Å². The number of carbonyl (C=O) groups is 1. The van der Waals surface area contributed by atoms with Gasteiger partial charge in [-0.05, 0) is 55.3 Å². The van der Waals surface area contributed by atoms with Crippen molar-refractivity contribution in [3.8, 4) is 5.75 Å². The number of carbonyl (C=O) groups excluding carboxylic acids is 1. The molecule has 0 saturated carbocycles. The Balaban J connectivity index is 1.93. The first-order valence-electron chi connectivity index (χ1n) is 8.32. The SMILES string of the molecule is CCOc1ccc(Cl)cc1/C=C1\SC(=S)N(c2ccc(CC)cc2)C1=O. The number of benzene rings is 2. The van der Waals surface area contributed by atoms with Crippen LogP contribution in [0.3, 0.4) is 0 Å². The average molecular weight is 404 g/mol. The molecule has 0 N–H and O–H groups in total. The van der Waals surface area contributed by atoms with Crippen LogP contribution in [0.15, 0.2) is 47.4 Å². The van der Waals surface area contributed by atoms with Gasteiger partial charge in [0.2, 0.25) is 0 Å². The molecule has 1 fully saturated rings. The van der Waals surface area contributed by atoms with Gasteiger partial charge in [-0.3, -0.25) is 9.69 Å². The van der Waals surface area contributed by atoms with E-state index in [9.17, 15) is 4.79 Å². The summed E-state index contributed by atoms with van der Waals surface area (Å²) in [7, 11) is 0. The predicted molar refractivity (Wildman–Crippen MR) is 114 cm³/mol. The van der Waals surface area contributed by atoms with Gasteiger partial charge in [-0.15, -0.1) is 0 Å². The maximum Gasteiger partial charge on any atom is 0.270 e. The fourth-order valence-corrected chi connectivity index (χ4v) is 4.10. The van der Waals surface area contributed by atoms with Gasteiger partial charge in [-0.2, -0.15) is 0 Å². The van der Waals surface area contributed by atoms with Crippen molar-refractivity contribution < 1.29 is 9.53 Å². The van der Waals surface area contributed by atoms with Crippen LogP contribution in [0, 0.1) is 0 Å². The van der Waals surface area contributed by atoms with E-state index in [1.54, 1.807) is 23.1 Å². The number of hydrogen-bond donors (Lipinski definition) is 0. The summed E-state index contributed by atoms with van der Waals surface area (Å²) in [6.45, 7) is 4.54. The molecule has 0 spiro atoms. The quantitative estimate of drug-likeness (QED) is 0.472. The van der Waals surface area contributed by atoms with Gasteiger partial charge in [0.25, 0.3) is 5.91 Å². The van der Waals surface area contributed by atoms with Crippen LogP contribution < -0.4 is 9.64 Å². The average Bonchev–Trinajstić information content (AvgIpc) is 2.91. The van der Waals surface area contributed by atoms with Crippen LogP contribution in [0.1, 0.15) is 25.0 Å². The Morgan fingerprint density at radius 2 is 1.92 bits per heavy atom. The molecule has 0 radical (unpaired) electrons. The number of hydrogen-bond acceptors (Lipinski definition) is 4.